The van der Waals surface area contributed by atoms with Gasteiger partial charge in [-0.2, -0.15) is 4.31 Å². The monoisotopic (exact) mass is 457 g/mol. The topological polar surface area (TPSA) is 95.1 Å². The summed E-state index contributed by atoms with van der Waals surface area (Å²) in [6.07, 6.45) is 1.03. The van der Waals surface area contributed by atoms with E-state index in [0.717, 1.165) is 11.3 Å². The molecule has 2 saturated heterocycles. The number of sulfone groups is 1. The molecule has 1 atom stereocenters. The van der Waals surface area contributed by atoms with Gasteiger partial charge in [0.15, 0.2) is 9.84 Å². The number of benzene rings is 1. The van der Waals surface area contributed by atoms with Crippen molar-refractivity contribution in [3.8, 4) is 0 Å². The van der Waals surface area contributed by atoms with Gasteiger partial charge in [-0.3, -0.25) is 4.79 Å². The van der Waals surface area contributed by atoms with Gasteiger partial charge in [0, 0.05) is 44.5 Å². The van der Waals surface area contributed by atoms with E-state index in [4.69, 9.17) is 0 Å². The third kappa shape index (κ3) is 5.53. The van der Waals surface area contributed by atoms with Crippen LogP contribution in [0.25, 0.3) is 0 Å². The minimum Gasteiger partial charge on any atom is -0.369 e. The number of amides is 1. The number of aryl methyl sites for hydroxylation is 1. The molecule has 0 spiro atoms. The molecule has 2 aliphatic rings. The number of carbonyl (C=O) groups is 1. The Balaban J connectivity index is 1.62. The van der Waals surface area contributed by atoms with Crippen molar-refractivity contribution in [3.63, 3.8) is 0 Å². The fourth-order valence-corrected chi connectivity index (χ4v) is 7.26. The van der Waals surface area contributed by atoms with E-state index in [1.807, 2.05) is 32.0 Å². The van der Waals surface area contributed by atoms with E-state index in [2.05, 4.69) is 11.0 Å². The van der Waals surface area contributed by atoms with Crippen LogP contribution in [0.4, 0.5) is 5.69 Å². The summed E-state index contributed by atoms with van der Waals surface area (Å²) in [4.78, 5) is 16.4. The molecule has 30 heavy (non-hydrogen) atoms. The summed E-state index contributed by atoms with van der Waals surface area (Å²) in [6, 6.07) is 7.67. The van der Waals surface area contributed by atoms with Gasteiger partial charge in [0.1, 0.15) is 5.75 Å². The highest BCUT2D eigenvalue weighted by Gasteiger charge is 2.37. The van der Waals surface area contributed by atoms with Crippen molar-refractivity contribution in [2.45, 2.75) is 32.7 Å². The summed E-state index contributed by atoms with van der Waals surface area (Å²) in [6.45, 7) is 6.07. The lowest BCUT2D eigenvalue weighted by molar-refractivity contribution is -0.130. The fourth-order valence-electron chi connectivity index (χ4n) is 4.15. The Morgan fingerprint density at radius 2 is 1.90 bits per heavy atom. The van der Waals surface area contributed by atoms with E-state index in [0.29, 0.717) is 45.6 Å². The Bertz CT molecular complexity index is 970. The minimum absolute atomic E-state index is 0.0544. The highest BCUT2D eigenvalue weighted by atomic mass is 32.2. The molecule has 0 N–H and O–H groups in total. The second kappa shape index (κ2) is 9.23. The predicted molar refractivity (Wildman–Crippen MR) is 118 cm³/mol. The zero-order valence-electron chi connectivity index (χ0n) is 17.7. The van der Waals surface area contributed by atoms with Crippen molar-refractivity contribution in [1.29, 1.82) is 0 Å². The number of hydrogen-bond donors (Lipinski definition) is 0. The summed E-state index contributed by atoms with van der Waals surface area (Å²) in [7, 11) is -6.90. The van der Waals surface area contributed by atoms with Crippen LogP contribution in [-0.2, 0) is 24.7 Å². The van der Waals surface area contributed by atoms with E-state index >= 15 is 0 Å². The molecule has 10 heteroatoms. The maximum atomic E-state index is 12.9. The van der Waals surface area contributed by atoms with Crippen LogP contribution in [0.1, 0.15) is 25.3 Å². The molecular formula is C20H31N3O5S2. The first-order valence-corrected chi connectivity index (χ1v) is 13.8. The highest BCUT2D eigenvalue weighted by molar-refractivity contribution is 7.91. The molecule has 0 bridgehead atoms. The Morgan fingerprint density at radius 1 is 1.20 bits per heavy atom. The number of nitrogens with zero attached hydrogens (tertiary/aromatic N) is 3. The molecule has 8 nitrogen and oxygen atoms in total. The first-order valence-electron chi connectivity index (χ1n) is 10.4. The zero-order chi connectivity index (χ0) is 21.9. The molecular weight excluding hydrogens is 426 g/mol. The van der Waals surface area contributed by atoms with Crippen LogP contribution >= 0.6 is 0 Å². The Labute approximate surface area is 179 Å². The standard InChI is InChI=1S/C20H31N3O5S2/c1-3-8-23(19-7-13-29(25,26)15-19)20(24)16-30(27,28)22-11-9-21(10-12-22)18-6-4-5-17(2)14-18/h4-6,14,19H,3,7-13,15-16H2,1-2H3. The summed E-state index contributed by atoms with van der Waals surface area (Å²) >= 11 is 0. The van der Waals surface area contributed by atoms with E-state index < -0.39 is 37.6 Å². The average molecular weight is 458 g/mol. The van der Waals surface area contributed by atoms with Crippen molar-refractivity contribution < 1.29 is 21.6 Å². The van der Waals surface area contributed by atoms with E-state index in [1.165, 1.54) is 9.21 Å². The van der Waals surface area contributed by atoms with Gasteiger partial charge in [0.05, 0.1) is 11.5 Å². The van der Waals surface area contributed by atoms with Gasteiger partial charge in [0.2, 0.25) is 15.9 Å². The molecule has 1 amide bonds. The summed E-state index contributed by atoms with van der Waals surface area (Å²) in [5.74, 6) is -1.12. The number of hydrogen-bond acceptors (Lipinski definition) is 6. The Hall–Kier alpha value is -1.65. The molecule has 2 fully saturated rings. The van der Waals surface area contributed by atoms with Crippen LogP contribution in [0.5, 0.6) is 0 Å². The Kier molecular flexibility index (Phi) is 7.09. The van der Waals surface area contributed by atoms with Crippen molar-refractivity contribution in [2.75, 3.05) is 54.9 Å². The first kappa shape index (κ1) is 23.0. The molecule has 0 radical (unpaired) electrons. The van der Waals surface area contributed by atoms with Gasteiger partial charge in [-0.15, -0.1) is 0 Å². The number of rotatable bonds is 7. The lowest BCUT2D eigenvalue weighted by Gasteiger charge is -2.36. The summed E-state index contributed by atoms with van der Waals surface area (Å²) in [5, 5.41) is 0. The molecule has 3 rings (SSSR count). The van der Waals surface area contributed by atoms with Gasteiger partial charge in [-0.1, -0.05) is 19.1 Å². The summed E-state index contributed by atoms with van der Waals surface area (Å²) in [5.41, 5.74) is 2.22. The molecule has 2 aliphatic heterocycles. The van der Waals surface area contributed by atoms with Crippen molar-refractivity contribution >= 4 is 31.5 Å². The molecule has 0 aliphatic carbocycles. The second-order valence-corrected chi connectivity index (χ2v) is 12.3. The highest BCUT2D eigenvalue weighted by Crippen LogP contribution is 2.21. The lowest BCUT2D eigenvalue weighted by Crippen LogP contribution is -2.52. The zero-order valence-corrected chi connectivity index (χ0v) is 19.3. The van der Waals surface area contributed by atoms with Crippen LogP contribution in [0, 0.1) is 6.92 Å². The quantitative estimate of drug-likeness (QED) is 0.603. The molecule has 0 aromatic heterocycles. The number of sulfonamides is 1. The number of carbonyl (C=O) groups excluding carboxylic acids is 1. The van der Waals surface area contributed by atoms with Crippen molar-refractivity contribution in [2.24, 2.45) is 0 Å². The summed E-state index contributed by atoms with van der Waals surface area (Å²) < 4.78 is 50.8. The van der Waals surface area contributed by atoms with E-state index in [-0.39, 0.29) is 11.5 Å². The minimum atomic E-state index is -3.75. The van der Waals surface area contributed by atoms with Gasteiger partial charge in [-0.25, -0.2) is 16.8 Å². The third-order valence-electron chi connectivity index (χ3n) is 5.74. The van der Waals surface area contributed by atoms with Crippen LogP contribution in [0.15, 0.2) is 24.3 Å². The number of piperazine rings is 1. The van der Waals surface area contributed by atoms with Gasteiger partial charge in [-0.05, 0) is 37.5 Å². The molecule has 2 heterocycles. The van der Waals surface area contributed by atoms with Crippen molar-refractivity contribution in [3.05, 3.63) is 29.8 Å². The maximum absolute atomic E-state index is 12.9. The fraction of sp³-hybridized carbons (Fsp3) is 0.650. The average Bonchev–Trinajstić information content (AvgIpc) is 3.05. The first-order chi connectivity index (χ1) is 14.1. The number of anilines is 1. The van der Waals surface area contributed by atoms with Gasteiger partial charge >= 0.3 is 0 Å². The van der Waals surface area contributed by atoms with Crippen LogP contribution in [0.2, 0.25) is 0 Å². The predicted octanol–water partition coefficient (Wildman–Crippen LogP) is 0.873. The van der Waals surface area contributed by atoms with Gasteiger partial charge < -0.3 is 9.80 Å². The molecule has 1 unspecified atom stereocenters. The lowest BCUT2D eigenvalue weighted by atomic mass is 10.2. The largest absolute Gasteiger partial charge is 0.369 e. The van der Waals surface area contributed by atoms with Crippen LogP contribution < -0.4 is 4.90 Å². The molecule has 1 aromatic rings. The molecule has 0 saturated carbocycles. The SMILES string of the molecule is CCCN(C(=O)CS(=O)(=O)N1CCN(c2cccc(C)c2)CC1)C1CCS(=O)(=O)C1. The molecule has 1 aromatic carbocycles. The second-order valence-electron chi connectivity index (χ2n) is 8.13. The van der Waals surface area contributed by atoms with Crippen molar-refractivity contribution in [1.82, 2.24) is 9.21 Å². The third-order valence-corrected chi connectivity index (χ3v) is 9.25. The maximum Gasteiger partial charge on any atom is 0.239 e. The van der Waals surface area contributed by atoms with Gasteiger partial charge in [0.25, 0.3) is 0 Å². The Morgan fingerprint density at radius 3 is 2.47 bits per heavy atom. The smallest absolute Gasteiger partial charge is 0.239 e. The normalized spacial score (nSPS) is 22.2. The van der Waals surface area contributed by atoms with E-state index in [1.54, 1.807) is 0 Å². The van der Waals surface area contributed by atoms with Crippen LogP contribution in [-0.4, -0.2) is 88.0 Å². The molecule has 168 valence electrons. The van der Waals surface area contributed by atoms with E-state index in [9.17, 15) is 21.6 Å². The van der Waals surface area contributed by atoms with Crippen LogP contribution in [0.3, 0.4) is 0 Å².